The molecule has 0 atom stereocenters. The lowest BCUT2D eigenvalue weighted by Crippen LogP contribution is -2.22. The van der Waals surface area contributed by atoms with Gasteiger partial charge in [-0.3, -0.25) is 9.52 Å². The number of carbonyl (C=O) groups is 2. The molecule has 0 bridgehead atoms. The second-order valence-corrected chi connectivity index (χ2v) is 8.67. The molecule has 0 radical (unpaired) electrons. The second-order valence-electron chi connectivity index (χ2n) is 6.58. The molecule has 3 aromatic rings. The Morgan fingerprint density at radius 1 is 1.03 bits per heavy atom. The minimum atomic E-state index is -3.99. The summed E-state index contributed by atoms with van der Waals surface area (Å²) < 4.78 is 50.4. The third-order valence-corrected chi connectivity index (χ3v) is 5.95. The van der Waals surface area contributed by atoms with E-state index in [1.807, 2.05) is 0 Å². The van der Waals surface area contributed by atoms with Crippen molar-refractivity contribution in [3.05, 3.63) is 83.1 Å². The SMILES string of the molecule is COC(=O)c1ccccc1NC(=O)COc1ccc(S(=O)(=O)Nc2ccc(F)cc2)cc1Cl. The van der Waals surface area contributed by atoms with Crippen LogP contribution in [0.2, 0.25) is 5.02 Å². The van der Waals surface area contributed by atoms with Crippen LogP contribution in [0.4, 0.5) is 15.8 Å². The molecule has 0 spiro atoms. The van der Waals surface area contributed by atoms with Gasteiger partial charge in [0.2, 0.25) is 0 Å². The van der Waals surface area contributed by atoms with Crippen molar-refractivity contribution in [1.29, 1.82) is 0 Å². The summed E-state index contributed by atoms with van der Waals surface area (Å²) in [7, 11) is -2.76. The highest BCUT2D eigenvalue weighted by molar-refractivity contribution is 7.92. The molecular formula is C22H18ClFN2O6S. The molecule has 2 N–H and O–H groups in total. The summed E-state index contributed by atoms with van der Waals surface area (Å²) >= 11 is 6.13. The molecule has 3 aromatic carbocycles. The number of esters is 1. The predicted molar refractivity (Wildman–Crippen MR) is 121 cm³/mol. The lowest BCUT2D eigenvalue weighted by molar-refractivity contribution is -0.118. The summed E-state index contributed by atoms with van der Waals surface area (Å²) in [5.74, 6) is -1.60. The normalized spacial score (nSPS) is 10.9. The van der Waals surface area contributed by atoms with E-state index in [-0.39, 0.29) is 32.6 Å². The van der Waals surface area contributed by atoms with Crippen molar-refractivity contribution in [2.24, 2.45) is 0 Å². The number of nitrogens with one attached hydrogen (secondary N) is 2. The number of hydrogen-bond acceptors (Lipinski definition) is 6. The Labute approximate surface area is 194 Å². The molecule has 0 heterocycles. The lowest BCUT2D eigenvalue weighted by Gasteiger charge is -2.12. The van der Waals surface area contributed by atoms with Crippen molar-refractivity contribution in [2.45, 2.75) is 4.90 Å². The summed E-state index contributed by atoms with van der Waals surface area (Å²) in [6, 6.07) is 14.8. The number of amides is 1. The number of sulfonamides is 1. The lowest BCUT2D eigenvalue weighted by atomic mass is 10.2. The molecule has 0 aliphatic carbocycles. The fraction of sp³-hybridized carbons (Fsp3) is 0.0909. The first kappa shape index (κ1) is 24.0. The topological polar surface area (TPSA) is 111 Å². The number of halogens is 2. The zero-order chi connectivity index (χ0) is 24.0. The van der Waals surface area contributed by atoms with Crippen molar-refractivity contribution < 1.29 is 31.9 Å². The van der Waals surface area contributed by atoms with E-state index >= 15 is 0 Å². The Morgan fingerprint density at radius 2 is 1.73 bits per heavy atom. The number of methoxy groups -OCH3 is 1. The number of anilines is 2. The van der Waals surface area contributed by atoms with E-state index < -0.39 is 34.3 Å². The highest BCUT2D eigenvalue weighted by atomic mass is 35.5. The van der Waals surface area contributed by atoms with Crippen LogP contribution in [0, 0.1) is 5.82 Å². The van der Waals surface area contributed by atoms with Crippen LogP contribution in [0.25, 0.3) is 0 Å². The third kappa shape index (κ3) is 6.21. The van der Waals surface area contributed by atoms with Crippen molar-refractivity contribution in [3.63, 3.8) is 0 Å². The average Bonchev–Trinajstić information content (AvgIpc) is 2.79. The minimum Gasteiger partial charge on any atom is -0.482 e. The molecule has 0 aliphatic rings. The van der Waals surface area contributed by atoms with E-state index in [0.717, 1.165) is 18.2 Å². The Bertz CT molecular complexity index is 1280. The van der Waals surface area contributed by atoms with E-state index in [0.29, 0.717) is 0 Å². The number of hydrogen-bond donors (Lipinski definition) is 2. The number of carbonyl (C=O) groups excluding carboxylic acids is 2. The highest BCUT2D eigenvalue weighted by Gasteiger charge is 2.18. The molecule has 3 rings (SSSR count). The average molecular weight is 493 g/mol. The van der Waals surface area contributed by atoms with Gasteiger partial charge in [-0.2, -0.15) is 0 Å². The van der Waals surface area contributed by atoms with Gasteiger partial charge in [0.15, 0.2) is 6.61 Å². The minimum absolute atomic E-state index is 0.0419. The Morgan fingerprint density at radius 3 is 2.39 bits per heavy atom. The van der Waals surface area contributed by atoms with Gasteiger partial charge in [-0.25, -0.2) is 17.6 Å². The molecule has 172 valence electrons. The van der Waals surface area contributed by atoms with Crippen LogP contribution in [0.15, 0.2) is 71.6 Å². The van der Waals surface area contributed by atoms with Gasteiger partial charge in [0.25, 0.3) is 15.9 Å². The van der Waals surface area contributed by atoms with Crippen LogP contribution < -0.4 is 14.8 Å². The van der Waals surface area contributed by atoms with Gasteiger partial charge >= 0.3 is 5.97 Å². The molecule has 1 amide bonds. The van der Waals surface area contributed by atoms with Crippen LogP contribution in [0.3, 0.4) is 0 Å². The van der Waals surface area contributed by atoms with E-state index in [2.05, 4.69) is 14.8 Å². The Hall–Kier alpha value is -3.63. The summed E-state index contributed by atoms with van der Waals surface area (Å²) in [4.78, 5) is 23.9. The predicted octanol–water partition coefficient (Wildman–Crippen LogP) is 4.08. The van der Waals surface area contributed by atoms with Gasteiger partial charge in [0.05, 0.1) is 28.3 Å². The first-order chi connectivity index (χ1) is 15.7. The molecule has 0 aliphatic heterocycles. The van der Waals surface area contributed by atoms with Gasteiger partial charge in [-0.1, -0.05) is 23.7 Å². The third-order valence-electron chi connectivity index (χ3n) is 4.28. The first-order valence-corrected chi connectivity index (χ1v) is 11.2. The molecule has 0 fully saturated rings. The maximum absolute atomic E-state index is 13.0. The van der Waals surface area contributed by atoms with Crippen molar-refractivity contribution >= 4 is 44.9 Å². The number of ether oxygens (including phenoxy) is 2. The van der Waals surface area contributed by atoms with Crippen LogP contribution in [0.5, 0.6) is 5.75 Å². The molecule has 0 saturated heterocycles. The molecule has 0 unspecified atom stereocenters. The van der Waals surface area contributed by atoms with Crippen LogP contribution in [-0.4, -0.2) is 34.0 Å². The second kappa shape index (κ2) is 10.3. The summed E-state index contributed by atoms with van der Waals surface area (Å²) in [5.41, 5.74) is 0.601. The molecule has 33 heavy (non-hydrogen) atoms. The van der Waals surface area contributed by atoms with Gasteiger partial charge in [-0.05, 0) is 54.6 Å². The highest BCUT2D eigenvalue weighted by Crippen LogP contribution is 2.28. The fourth-order valence-corrected chi connectivity index (χ4v) is 4.09. The first-order valence-electron chi connectivity index (χ1n) is 9.37. The number of rotatable bonds is 8. The summed E-state index contributed by atoms with van der Waals surface area (Å²) in [6.45, 7) is -0.449. The standard InChI is InChI=1S/C22H18ClFN2O6S/c1-31-22(28)17-4-2-3-5-19(17)25-21(27)13-32-20-11-10-16(12-18(20)23)33(29,30)26-15-8-6-14(24)7-9-15/h2-12,26H,13H2,1H3,(H,25,27). The van der Waals surface area contributed by atoms with E-state index in [4.69, 9.17) is 16.3 Å². The maximum Gasteiger partial charge on any atom is 0.339 e. The Balaban J connectivity index is 1.65. The number of benzene rings is 3. The van der Waals surface area contributed by atoms with E-state index in [1.165, 1.54) is 43.5 Å². The van der Waals surface area contributed by atoms with Gasteiger partial charge < -0.3 is 14.8 Å². The van der Waals surface area contributed by atoms with E-state index in [1.54, 1.807) is 12.1 Å². The largest absolute Gasteiger partial charge is 0.482 e. The maximum atomic E-state index is 13.0. The molecule has 0 saturated carbocycles. The van der Waals surface area contributed by atoms with Crippen molar-refractivity contribution in [2.75, 3.05) is 23.8 Å². The molecule has 11 heteroatoms. The quantitative estimate of drug-likeness (QED) is 0.458. The van der Waals surface area contributed by atoms with Crippen LogP contribution >= 0.6 is 11.6 Å². The van der Waals surface area contributed by atoms with Gasteiger partial charge in [0, 0.05) is 5.69 Å². The molecule has 0 aromatic heterocycles. The zero-order valence-electron chi connectivity index (χ0n) is 17.2. The van der Waals surface area contributed by atoms with Crippen molar-refractivity contribution in [3.8, 4) is 5.75 Å². The zero-order valence-corrected chi connectivity index (χ0v) is 18.7. The van der Waals surface area contributed by atoms with E-state index in [9.17, 15) is 22.4 Å². The molecule has 8 nitrogen and oxygen atoms in total. The Kier molecular flexibility index (Phi) is 7.52. The monoisotopic (exact) mass is 492 g/mol. The fourth-order valence-electron chi connectivity index (χ4n) is 2.71. The summed E-state index contributed by atoms with van der Waals surface area (Å²) in [6.07, 6.45) is 0. The van der Waals surface area contributed by atoms with Gasteiger partial charge in [0.1, 0.15) is 11.6 Å². The van der Waals surface area contributed by atoms with Gasteiger partial charge in [-0.15, -0.1) is 0 Å². The van der Waals surface area contributed by atoms with Crippen LogP contribution in [-0.2, 0) is 19.6 Å². The number of para-hydroxylation sites is 1. The van der Waals surface area contributed by atoms with Crippen molar-refractivity contribution in [1.82, 2.24) is 0 Å². The smallest absolute Gasteiger partial charge is 0.339 e. The van der Waals surface area contributed by atoms with Crippen LogP contribution in [0.1, 0.15) is 10.4 Å². The molecular weight excluding hydrogens is 475 g/mol. The summed E-state index contributed by atoms with van der Waals surface area (Å²) in [5, 5.41) is 2.50.